The molecule has 1 spiro atoms. The van der Waals surface area contributed by atoms with E-state index in [9.17, 15) is 4.39 Å². The summed E-state index contributed by atoms with van der Waals surface area (Å²) in [5.74, 6) is 1.64. The van der Waals surface area contributed by atoms with Crippen molar-refractivity contribution in [1.82, 2.24) is 29.5 Å². The second-order valence-electron chi connectivity index (χ2n) is 8.32. The number of benzene rings is 1. The van der Waals surface area contributed by atoms with Gasteiger partial charge >= 0.3 is 0 Å². The van der Waals surface area contributed by atoms with E-state index in [2.05, 4.69) is 43.5 Å². The number of hydrogen-bond acceptors (Lipinski definition) is 6. The van der Waals surface area contributed by atoms with E-state index in [1.54, 1.807) is 23.5 Å². The van der Waals surface area contributed by atoms with Crippen LogP contribution in [0.1, 0.15) is 29.2 Å². The van der Waals surface area contributed by atoms with Gasteiger partial charge in [0.25, 0.3) is 0 Å². The van der Waals surface area contributed by atoms with Crippen molar-refractivity contribution in [3.8, 4) is 11.4 Å². The number of rotatable bonds is 3. The molecule has 29 heavy (non-hydrogen) atoms. The van der Waals surface area contributed by atoms with Crippen molar-refractivity contribution in [2.45, 2.75) is 38.4 Å². The molecule has 0 radical (unpaired) electrons. The van der Waals surface area contributed by atoms with Crippen molar-refractivity contribution in [1.29, 1.82) is 0 Å². The highest BCUT2D eigenvalue weighted by molar-refractivity contribution is 7.09. The minimum atomic E-state index is -0.228. The Balaban J connectivity index is 1.44. The summed E-state index contributed by atoms with van der Waals surface area (Å²) in [5.41, 5.74) is 3.99. The van der Waals surface area contributed by atoms with Crippen LogP contribution in [0.5, 0.6) is 0 Å². The molecular weight excluding hydrogens is 387 g/mol. The van der Waals surface area contributed by atoms with Crippen molar-refractivity contribution in [3.63, 3.8) is 0 Å². The summed E-state index contributed by atoms with van der Waals surface area (Å²) >= 11 is 1.74. The first-order chi connectivity index (χ1) is 14.0. The lowest BCUT2D eigenvalue weighted by molar-refractivity contribution is 0.0493. The van der Waals surface area contributed by atoms with Crippen LogP contribution in [0.4, 0.5) is 4.39 Å². The molecule has 4 heterocycles. The van der Waals surface area contributed by atoms with Gasteiger partial charge in [-0.15, -0.1) is 21.5 Å². The van der Waals surface area contributed by atoms with Crippen LogP contribution in [0, 0.1) is 12.7 Å². The predicted molar refractivity (Wildman–Crippen MR) is 111 cm³/mol. The van der Waals surface area contributed by atoms with Crippen LogP contribution < -0.4 is 0 Å². The van der Waals surface area contributed by atoms with Crippen molar-refractivity contribution < 1.29 is 4.39 Å². The Bertz CT molecular complexity index is 1000. The highest BCUT2D eigenvalue weighted by Crippen LogP contribution is 2.39. The molecule has 8 heteroatoms. The number of halogens is 1. The molecule has 0 saturated carbocycles. The third-order valence-electron chi connectivity index (χ3n) is 6.28. The zero-order valence-electron chi connectivity index (χ0n) is 16.8. The fourth-order valence-electron chi connectivity index (χ4n) is 4.76. The van der Waals surface area contributed by atoms with E-state index in [0.717, 1.165) is 68.5 Å². The molecule has 152 valence electrons. The van der Waals surface area contributed by atoms with Gasteiger partial charge in [-0.3, -0.25) is 9.80 Å². The number of piperidine rings is 1. The van der Waals surface area contributed by atoms with Crippen LogP contribution in [0.25, 0.3) is 11.4 Å². The second-order valence-corrected chi connectivity index (χ2v) is 9.26. The summed E-state index contributed by atoms with van der Waals surface area (Å²) in [6.45, 7) is 6.91. The quantitative estimate of drug-likeness (QED) is 0.661. The fourth-order valence-corrected chi connectivity index (χ4v) is 5.58. The van der Waals surface area contributed by atoms with Gasteiger partial charge in [-0.25, -0.2) is 9.37 Å². The summed E-state index contributed by atoms with van der Waals surface area (Å²) in [4.78, 5) is 10.6. The molecule has 3 aromatic rings. The van der Waals surface area contributed by atoms with Crippen molar-refractivity contribution in [3.05, 3.63) is 52.0 Å². The second kappa shape index (κ2) is 7.27. The molecule has 0 aliphatic carbocycles. The maximum Gasteiger partial charge on any atom is 0.164 e. The van der Waals surface area contributed by atoms with E-state index in [1.807, 2.05) is 5.51 Å². The van der Waals surface area contributed by atoms with Crippen molar-refractivity contribution in [2.24, 2.45) is 0 Å². The largest absolute Gasteiger partial charge is 0.302 e. The number of nitrogens with zero attached hydrogens (tertiary/aromatic N) is 6. The molecule has 2 aromatic heterocycles. The molecule has 0 amide bonds. The molecule has 1 saturated heterocycles. The zero-order valence-corrected chi connectivity index (χ0v) is 17.6. The average Bonchev–Trinajstić information content (AvgIpc) is 3.31. The summed E-state index contributed by atoms with van der Waals surface area (Å²) in [6.07, 6.45) is 2.10. The highest BCUT2D eigenvalue weighted by Gasteiger charge is 2.43. The molecule has 1 aromatic carbocycles. The Morgan fingerprint density at radius 2 is 1.90 bits per heavy atom. The third-order valence-corrected chi connectivity index (χ3v) is 7.20. The Labute approximate surface area is 174 Å². The lowest BCUT2D eigenvalue weighted by Crippen LogP contribution is -2.55. The van der Waals surface area contributed by atoms with Gasteiger partial charge in [0.15, 0.2) is 5.82 Å². The number of likely N-dealkylation sites (N-methyl/N-ethyl adjacent to an activating group) is 1. The predicted octanol–water partition coefficient (Wildman–Crippen LogP) is 3.29. The van der Waals surface area contributed by atoms with Crippen molar-refractivity contribution in [2.75, 3.05) is 26.7 Å². The minimum absolute atomic E-state index is 0.0191. The van der Waals surface area contributed by atoms with E-state index in [4.69, 9.17) is 0 Å². The van der Waals surface area contributed by atoms with Gasteiger partial charge in [-0.05, 0) is 51.1 Å². The normalized spacial score (nSPS) is 19.6. The first-order valence-corrected chi connectivity index (χ1v) is 10.9. The average molecular weight is 413 g/mol. The molecular formula is C21H25FN6S. The zero-order chi connectivity index (χ0) is 20.0. The molecule has 2 aliphatic rings. The number of hydrogen-bond donors (Lipinski definition) is 0. The number of thiazole rings is 1. The van der Waals surface area contributed by atoms with E-state index >= 15 is 0 Å². The third kappa shape index (κ3) is 3.39. The van der Waals surface area contributed by atoms with Gasteiger partial charge in [0.2, 0.25) is 0 Å². The summed E-state index contributed by atoms with van der Waals surface area (Å²) in [5, 5.41) is 9.02. The first kappa shape index (κ1) is 18.8. The van der Waals surface area contributed by atoms with Gasteiger partial charge in [-0.2, -0.15) is 0 Å². The molecule has 0 bridgehead atoms. The SMILES string of the molecule is Cc1ncsc1CN1CCC2(CC1)CN(C)Cc1nnc(-c3ccc(F)cc3)n12. The highest BCUT2D eigenvalue weighted by atomic mass is 32.1. The van der Waals surface area contributed by atoms with Crippen LogP contribution in [-0.2, 0) is 18.6 Å². The van der Waals surface area contributed by atoms with Crippen LogP contribution in [0.3, 0.4) is 0 Å². The number of aryl methyl sites for hydroxylation is 1. The Morgan fingerprint density at radius 1 is 1.14 bits per heavy atom. The smallest absolute Gasteiger partial charge is 0.164 e. The topological polar surface area (TPSA) is 50.1 Å². The van der Waals surface area contributed by atoms with E-state index in [1.165, 1.54) is 17.0 Å². The lowest BCUT2D eigenvalue weighted by atomic mass is 9.84. The van der Waals surface area contributed by atoms with Crippen LogP contribution in [0.2, 0.25) is 0 Å². The molecule has 6 nitrogen and oxygen atoms in total. The van der Waals surface area contributed by atoms with Crippen LogP contribution >= 0.6 is 11.3 Å². The molecule has 0 unspecified atom stereocenters. The van der Waals surface area contributed by atoms with E-state index in [0.29, 0.717) is 0 Å². The number of aromatic nitrogens is 4. The molecule has 0 N–H and O–H groups in total. The van der Waals surface area contributed by atoms with Crippen LogP contribution in [-0.4, -0.2) is 56.2 Å². The summed E-state index contributed by atoms with van der Waals surface area (Å²) in [6, 6.07) is 6.61. The van der Waals surface area contributed by atoms with Gasteiger partial charge in [0.1, 0.15) is 11.6 Å². The lowest BCUT2D eigenvalue weighted by Gasteiger charge is -2.48. The monoisotopic (exact) mass is 412 g/mol. The molecule has 2 aliphatic heterocycles. The fraction of sp³-hybridized carbons (Fsp3) is 0.476. The molecule has 1 fully saturated rings. The molecule has 0 atom stereocenters. The van der Waals surface area contributed by atoms with Crippen molar-refractivity contribution >= 4 is 11.3 Å². The Kier molecular flexibility index (Phi) is 4.72. The number of likely N-dealkylation sites (tertiary alicyclic amines) is 1. The van der Waals surface area contributed by atoms with E-state index in [-0.39, 0.29) is 11.4 Å². The summed E-state index contributed by atoms with van der Waals surface area (Å²) < 4.78 is 15.8. The van der Waals surface area contributed by atoms with E-state index < -0.39 is 0 Å². The summed E-state index contributed by atoms with van der Waals surface area (Å²) in [7, 11) is 2.16. The Hall–Kier alpha value is -2.16. The molecule has 5 rings (SSSR count). The maximum atomic E-state index is 13.4. The van der Waals surface area contributed by atoms with Gasteiger partial charge in [0, 0.05) is 36.6 Å². The maximum absolute atomic E-state index is 13.4. The van der Waals surface area contributed by atoms with Crippen LogP contribution in [0.15, 0.2) is 29.8 Å². The standard InChI is InChI=1S/C21H25FN6S/c1-15-18(29-14-23-15)11-27-9-7-21(8-10-27)13-26(2)12-19-24-25-20(28(19)21)16-3-5-17(22)6-4-16/h3-6,14H,7-13H2,1-2H3. The van der Waals surface area contributed by atoms with Gasteiger partial charge in [0.05, 0.1) is 23.3 Å². The van der Waals surface area contributed by atoms with Gasteiger partial charge < -0.3 is 4.57 Å². The number of fused-ring (bicyclic) bond motifs is 2. The van der Waals surface area contributed by atoms with Gasteiger partial charge in [-0.1, -0.05) is 0 Å². The minimum Gasteiger partial charge on any atom is -0.302 e. The Morgan fingerprint density at radius 3 is 2.59 bits per heavy atom. The first-order valence-electron chi connectivity index (χ1n) is 10.0.